The van der Waals surface area contributed by atoms with Crippen molar-refractivity contribution in [1.82, 2.24) is 0 Å². The molecule has 0 aromatic heterocycles. The molecule has 0 saturated heterocycles. The monoisotopic (exact) mass is 186 g/mol. The number of carbonyl (C=O) groups excluding carboxylic acids is 2. The van der Waals surface area contributed by atoms with Crippen LogP contribution in [0.25, 0.3) is 0 Å². The zero-order valence-corrected chi connectivity index (χ0v) is 7.91. The molecule has 0 atom stereocenters. The van der Waals surface area contributed by atoms with Crippen LogP contribution in [0.5, 0.6) is 0 Å². The molecule has 0 bridgehead atoms. The van der Waals surface area contributed by atoms with Crippen LogP contribution in [-0.4, -0.2) is 25.2 Å². The van der Waals surface area contributed by atoms with Crippen LogP contribution in [0.1, 0.15) is 20.3 Å². The van der Waals surface area contributed by atoms with Gasteiger partial charge in [0.05, 0.1) is 6.61 Å². The fourth-order valence-electron chi connectivity index (χ4n) is 0.572. The number of esters is 2. The van der Waals surface area contributed by atoms with Crippen LogP contribution in [0.2, 0.25) is 0 Å². The summed E-state index contributed by atoms with van der Waals surface area (Å²) >= 11 is 0. The Morgan fingerprint density at radius 2 is 2.00 bits per heavy atom. The van der Waals surface area contributed by atoms with Gasteiger partial charge in [-0.2, -0.15) is 0 Å². The summed E-state index contributed by atoms with van der Waals surface area (Å²) < 4.78 is 9.22. The molecule has 0 radical (unpaired) electrons. The zero-order chi connectivity index (χ0) is 10.1. The Hall–Kier alpha value is -1.32. The van der Waals surface area contributed by atoms with Gasteiger partial charge in [0.2, 0.25) is 0 Å². The maximum Gasteiger partial charge on any atom is 0.344 e. The number of hydrogen-bond acceptors (Lipinski definition) is 4. The normalized spacial score (nSPS) is 10.0. The molecule has 0 saturated carbocycles. The van der Waals surface area contributed by atoms with Crippen molar-refractivity contribution in [1.29, 1.82) is 0 Å². The number of ether oxygens (including phenoxy) is 2. The third-order valence-corrected chi connectivity index (χ3v) is 1.10. The SMILES string of the molecule is C/C=C/C(=O)OCC(=O)OCCC. The molecule has 4 heteroatoms. The van der Waals surface area contributed by atoms with Gasteiger partial charge >= 0.3 is 11.9 Å². The fourth-order valence-corrected chi connectivity index (χ4v) is 0.572. The predicted molar refractivity (Wildman–Crippen MR) is 47.0 cm³/mol. The summed E-state index contributed by atoms with van der Waals surface area (Å²) in [6.07, 6.45) is 3.54. The first kappa shape index (κ1) is 11.7. The average Bonchev–Trinajstić information content (AvgIpc) is 2.12. The van der Waals surface area contributed by atoms with Crippen molar-refractivity contribution in [3.63, 3.8) is 0 Å². The molecular formula is C9H14O4. The van der Waals surface area contributed by atoms with Gasteiger partial charge in [0.1, 0.15) is 0 Å². The quantitative estimate of drug-likeness (QED) is 0.476. The summed E-state index contributed by atoms with van der Waals surface area (Å²) in [4.78, 5) is 21.5. The molecule has 0 aliphatic carbocycles. The molecule has 0 amide bonds. The zero-order valence-electron chi connectivity index (χ0n) is 7.91. The van der Waals surface area contributed by atoms with Gasteiger partial charge in [-0.05, 0) is 13.3 Å². The summed E-state index contributed by atoms with van der Waals surface area (Å²) in [5.41, 5.74) is 0. The molecule has 0 aromatic carbocycles. The van der Waals surface area contributed by atoms with Crippen molar-refractivity contribution in [3.05, 3.63) is 12.2 Å². The van der Waals surface area contributed by atoms with Crippen LogP contribution in [-0.2, 0) is 19.1 Å². The third kappa shape index (κ3) is 7.05. The molecule has 0 aliphatic rings. The van der Waals surface area contributed by atoms with Gasteiger partial charge in [0, 0.05) is 6.08 Å². The van der Waals surface area contributed by atoms with Gasteiger partial charge in [-0.3, -0.25) is 0 Å². The van der Waals surface area contributed by atoms with Crippen LogP contribution in [0, 0.1) is 0 Å². The Morgan fingerprint density at radius 1 is 1.31 bits per heavy atom. The molecule has 0 rings (SSSR count). The minimum absolute atomic E-state index is 0.316. The molecule has 74 valence electrons. The molecule has 0 heterocycles. The van der Waals surface area contributed by atoms with Crippen LogP contribution in [0.4, 0.5) is 0 Å². The van der Waals surface area contributed by atoms with E-state index >= 15 is 0 Å². The second-order valence-corrected chi connectivity index (χ2v) is 2.33. The summed E-state index contributed by atoms with van der Waals surface area (Å²) in [6, 6.07) is 0. The van der Waals surface area contributed by atoms with Crippen LogP contribution in [0.3, 0.4) is 0 Å². The number of allylic oxidation sites excluding steroid dienone is 1. The van der Waals surface area contributed by atoms with E-state index < -0.39 is 11.9 Å². The number of hydrogen-bond donors (Lipinski definition) is 0. The van der Waals surface area contributed by atoms with Gasteiger partial charge in [0.15, 0.2) is 6.61 Å². The Morgan fingerprint density at radius 3 is 2.54 bits per heavy atom. The predicted octanol–water partition coefficient (Wildman–Crippen LogP) is 1.06. The average molecular weight is 186 g/mol. The molecule has 0 aromatic rings. The Labute approximate surface area is 77.5 Å². The highest BCUT2D eigenvalue weighted by Crippen LogP contribution is 1.86. The summed E-state index contributed by atoms with van der Waals surface area (Å²) in [5.74, 6) is -1.05. The lowest BCUT2D eigenvalue weighted by atomic mass is 10.5. The third-order valence-electron chi connectivity index (χ3n) is 1.10. The Bertz CT molecular complexity index is 196. The first-order valence-corrected chi connectivity index (χ1v) is 4.15. The lowest BCUT2D eigenvalue weighted by Gasteiger charge is -2.02. The molecular weight excluding hydrogens is 172 g/mol. The second kappa shape index (κ2) is 7.34. The van der Waals surface area contributed by atoms with Crippen molar-refractivity contribution in [2.24, 2.45) is 0 Å². The molecule has 0 spiro atoms. The smallest absolute Gasteiger partial charge is 0.344 e. The minimum Gasteiger partial charge on any atom is -0.463 e. The lowest BCUT2D eigenvalue weighted by molar-refractivity contribution is -0.156. The van der Waals surface area contributed by atoms with Crippen LogP contribution < -0.4 is 0 Å². The van der Waals surface area contributed by atoms with E-state index in [0.717, 1.165) is 6.42 Å². The van der Waals surface area contributed by atoms with Crippen LogP contribution in [0.15, 0.2) is 12.2 Å². The summed E-state index contributed by atoms with van der Waals surface area (Å²) in [7, 11) is 0. The van der Waals surface area contributed by atoms with E-state index in [1.165, 1.54) is 6.08 Å². The van der Waals surface area contributed by atoms with E-state index in [4.69, 9.17) is 0 Å². The maximum atomic E-state index is 10.8. The molecule has 0 aliphatic heterocycles. The Kier molecular flexibility index (Phi) is 6.59. The highest BCUT2D eigenvalue weighted by molar-refractivity contribution is 5.84. The lowest BCUT2D eigenvalue weighted by Crippen LogP contribution is -2.15. The van der Waals surface area contributed by atoms with Gasteiger partial charge < -0.3 is 9.47 Å². The molecule has 13 heavy (non-hydrogen) atoms. The maximum absolute atomic E-state index is 10.8. The van der Waals surface area contributed by atoms with Crippen molar-refractivity contribution < 1.29 is 19.1 Å². The molecule has 4 nitrogen and oxygen atoms in total. The second-order valence-electron chi connectivity index (χ2n) is 2.33. The van der Waals surface area contributed by atoms with Crippen molar-refractivity contribution >= 4 is 11.9 Å². The first-order chi connectivity index (χ1) is 6.20. The van der Waals surface area contributed by atoms with E-state index in [1.807, 2.05) is 6.92 Å². The van der Waals surface area contributed by atoms with E-state index in [0.29, 0.717) is 6.61 Å². The van der Waals surface area contributed by atoms with E-state index in [-0.39, 0.29) is 6.61 Å². The minimum atomic E-state index is -0.532. The number of carbonyl (C=O) groups is 2. The molecule has 0 unspecified atom stereocenters. The summed E-state index contributed by atoms with van der Waals surface area (Å²) in [6.45, 7) is 3.62. The standard InChI is InChI=1S/C9H14O4/c1-3-5-8(10)13-7-9(11)12-6-4-2/h3,5H,4,6-7H2,1-2H3/b5-3+. The first-order valence-electron chi connectivity index (χ1n) is 4.15. The van der Waals surface area contributed by atoms with Gasteiger partial charge in [-0.25, -0.2) is 9.59 Å². The summed E-state index contributed by atoms with van der Waals surface area (Å²) in [5, 5.41) is 0. The van der Waals surface area contributed by atoms with Gasteiger partial charge in [-0.1, -0.05) is 13.0 Å². The highest BCUT2D eigenvalue weighted by Gasteiger charge is 2.04. The fraction of sp³-hybridized carbons (Fsp3) is 0.556. The molecule has 0 N–H and O–H groups in total. The topological polar surface area (TPSA) is 52.6 Å². The Balaban J connectivity index is 3.52. The van der Waals surface area contributed by atoms with E-state index in [1.54, 1.807) is 13.0 Å². The molecule has 0 fully saturated rings. The van der Waals surface area contributed by atoms with Crippen molar-refractivity contribution in [3.8, 4) is 0 Å². The van der Waals surface area contributed by atoms with Crippen LogP contribution >= 0.6 is 0 Å². The van der Waals surface area contributed by atoms with E-state index in [9.17, 15) is 9.59 Å². The number of rotatable bonds is 5. The van der Waals surface area contributed by atoms with Crippen molar-refractivity contribution in [2.45, 2.75) is 20.3 Å². The van der Waals surface area contributed by atoms with Gasteiger partial charge in [0.25, 0.3) is 0 Å². The largest absolute Gasteiger partial charge is 0.463 e. The van der Waals surface area contributed by atoms with Gasteiger partial charge in [-0.15, -0.1) is 0 Å². The highest BCUT2D eigenvalue weighted by atomic mass is 16.6. The van der Waals surface area contributed by atoms with E-state index in [2.05, 4.69) is 9.47 Å². The van der Waals surface area contributed by atoms with Crippen molar-refractivity contribution in [2.75, 3.05) is 13.2 Å².